The van der Waals surface area contributed by atoms with Gasteiger partial charge in [-0.2, -0.15) is 0 Å². The number of carbonyl (C=O) groups is 2. The molecular formula is C19H23N3O3S. The molecule has 1 aromatic carbocycles. The smallest absolute Gasteiger partial charge is 0.231 e. The molecule has 6 nitrogen and oxygen atoms in total. The number of aryl methyl sites for hydroxylation is 1. The summed E-state index contributed by atoms with van der Waals surface area (Å²) in [6, 6.07) is 5.68. The normalized spacial score (nSPS) is 17.0. The quantitative estimate of drug-likeness (QED) is 0.870. The number of nitrogens with one attached hydrogen (secondary N) is 1. The maximum absolute atomic E-state index is 12.6. The molecule has 0 bridgehead atoms. The molecule has 1 N–H and O–H groups in total. The summed E-state index contributed by atoms with van der Waals surface area (Å²) < 4.78 is 5.37. The van der Waals surface area contributed by atoms with Crippen LogP contribution in [0.1, 0.15) is 37.4 Å². The van der Waals surface area contributed by atoms with Crippen molar-refractivity contribution in [2.45, 2.75) is 33.1 Å². The van der Waals surface area contributed by atoms with E-state index in [9.17, 15) is 9.59 Å². The van der Waals surface area contributed by atoms with Crippen LogP contribution >= 0.6 is 11.3 Å². The third-order valence-electron chi connectivity index (χ3n) is 4.46. The van der Waals surface area contributed by atoms with Crippen LogP contribution in [0.4, 0.5) is 10.8 Å². The molecule has 1 fully saturated rings. The molecule has 0 saturated carbocycles. The van der Waals surface area contributed by atoms with Gasteiger partial charge < -0.3 is 15.0 Å². The predicted octanol–water partition coefficient (Wildman–Crippen LogP) is 3.58. The van der Waals surface area contributed by atoms with E-state index in [1.54, 1.807) is 12.0 Å². The first-order valence-electron chi connectivity index (χ1n) is 8.60. The molecule has 3 rings (SSSR count). The summed E-state index contributed by atoms with van der Waals surface area (Å²) in [6.07, 6.45) is 0.186. The van der Waals surface area contributed by atoms with E-state index in [0.29, 0.717) is 29.0 Å². The highest BCUT2D eigenvalue weighted by molar-refractivity contribution is 7.13. The van der Waals surface area contributed by atoms with Gasteiger partial charge in [0.2, 0.25) is 11.8 Å². The fourth-order valence-corrected chi connectivity index (χ4v) is 3.82. The second-order valence-corrected chi connectivity index (χ2v) is 7.66. The molecule has 0 aliphatic carbocycles. The number of thiazole rings is 1. The van der Waals surface area contributed by atoms with Crippen LogP contribution in [0.25, 0.3) is 0 Å². The van der Waals surface area contributed by atoms with Crippen molar-refractivity contribution in [3.63, 3.8) is 0 Å². The molecule has 0 unspecified atom stereocenters. The summed E-state index contributed by atoms with van der Waals surface area (Å²) in [5, 5.41) is 5.38. The van der Waals surface area contributed by atoms with E-state index in [2.05, 4.69) is 24.1 Å². The van der Waals surface area contributed by atoms with Crippen LogP contribution < -0.4 is 15.0 Å². The highest BCUT2D eigenvalue weighted by Crippen LogP contribution is 2.34. The lowest BCUT2D eigenvalue weighted by Crippen LogP contribution is -2.28. The van der Waals surface area contributed by atoms with Crippen LogP contribution in [0.5, 0.6) is 5.75 Å². The maximum Gasteiger partial charge on any atom is 0.231 e. The van der Waals surface area contributed by atoms with Gasteiger partial charge in [0.05, 0.1) is 24.4 Å². The van der Waals surface area contributed by atoms with Gasteiger partial charge in [0.15, 0.2) is 5.13 Å². The molecule has 7 heteroatoms. The second kappa shape index (κ2) is 7.45. The summed E-state index contributed by atoms with van der Waals surface area (Å²) in [4.78, 5) is 31.1. The number of rotatable bonds is 5. The first kappa shape index (κ1) is 18.4. The molecule has 1 aliphatic heterocycles. The molecule has 1 aromatic heterocycles. The van der Waals surface area contributed by atoms with Crippen LogP contribution in [-0.2, 0) is 9.59 Å². The predicted molar refractivity (Wildman–Crippen MR) is 103 cm³/mol. The Morgan fingerprint density at radius 3 is 2.85 bits per heavy atom. The fraction of sp³-hybridized carbons (Fsp3) is 0.421. The average molecular weight is 373 g/mol. The number of benzene rings is 1. The fourth-order valence-electron chi connectivity index (χ4n) is 2.94. The molecule has 138 valence electrons. The molecule has 0 radical (unpaired) electrons. The van der Waals surface area contributed by atoms with Crippen LogP contribution in [0.15, 0.2) is 23.6 Å². The largest absolute Gasteiger partial charge is 0.495 e. The Labute approximate surface area is 157 Å². The number of aromatic nitrogens is 1. The zero-order valence-electron chi connectivity index (χ0n) is 15.4. The minimum absolute atomic E-state index is 0.0731. The topological polar surface area (TPSA) is 71.5 Å². The number of amides is 2. The summed E-state index contributed by atoms with van der Waals surface area (Å²) in [6.45, 7) is 6.42. The number of hydrogen-bond donors (Lipinski definition) is 1. The van der Waals surface area contributed by atoms with Gasteiger partial charge in [0, 0.05) is 18.3 Å². The monoisotopic (exact) mass is 373 g/mol. The second-order valence-electron chi connectivity index (χ2n) is 6.80. The van der Waals surface area contributed by atoms with Crippen molar-refractivity contribution in [2.24, 2.45) is 5.92 Å². The molecule has 1 saturated heterocycles. The molecule has 26 heavy (non-hydrogen) atoms. The zero-order chi connectivity index (χ0) is 18.8. The van der Waals surface area contributed by atoms with Gasteiger partial charge in [-0.25, -0.2) is 4.98 Å². The number of anilines is 2. The van der Waals surface area contributed by atoms with E-state index in [4.69, 9.17) is 4.74 Å². The third-order valence-corrected chi connectivity index (χ3v) is 5.24. The van der Waals surface area contributed by atoms with Crippen LogP contribution in [0.2, 0.25) is 0 Å². The van der Waals surface area contributed by atoms with Gasteiger partial charge in [-0.3, -0.25) is 9.59 Å². The van der Waals surface area contributed by atoms with E-state index in [-0.39, 0.29) is 18.2 Å². The molecule has 2 heterocycles. The Bertz CT molecular complexity index is 831. The average Bonchev–Trinajstić information content (AvgIpc) is 3.21. The summed E-state index contributed by atoms with van der Waals surface area (Å²) >= 11 is 1.41. The molecule has 1 atom stereocenters. The van der Waals surface area contributed by atoms with Gasteiger partial charge in [0.1, 0.15) is 5.75 Å². The lowest BCUT2D eigenvalue weighted by molar-refractivity contribution is -0.122. The zero-order valence-corrected chi connectivity index (χ0v) is 16.2. The minimum atomic E-state index is -0.404. The third kappa shape index (κ3) is 3.72. The van der Waals surface area contributed by atoms with Crippen molar-refractivity contribution in [3.8, 4) is 5.75 Å². The maximum atomic E-state index is 12.6. The van der Waals surface area contributed by atoms with Crippen molar-refractivity contribution >= 4 is 34.0 Å². The van der Waals surface area contributed by atoms with Gasteiger partial charge >= 0.3 is 0 Å². The lowest BCUT2D eigenvalue weighted by atomic mass is 10.1. The number of carbonyl (C=O) groups excluding carboxylic acids is 2. The Hall–Kier alpha value is -2.41. The van der Waals surface area contributed by atoms with Crippen LogP contribution in [-0.4, -0.2) is 30.5 Å². The standard InChI is InChI=1S/C19H23N3O3S/c1-11(2)14-10-26-19(20-14)21-18(24)13-8-17(23)22(9-13)15-7-12(3)5-6-16(15)25-4/h5-7,10-11,13H,8-9H2,1-4H3,(H,20,21,24)/t13-/m0/s1. The lowest BCUT2D eigenvalue weighted by Gasteiger charge is -2.20. The summed E-state index contributed by atoms with van der Waals surface area (Å²) in [5.74, 6) is 0.299. The van der Waals surface area contributed by atoms with Crippen molar-refractivity contribution < 1.29 is 14.3 Å². The number of methoxy groups -OCH3 is 1. The highest BCUT2D eigenvalue weighted by atomic mass is 32.1. The Balaban J connectivity index is 1.73. The first-order valence-corrected chi connectivity index (χ1v) is 9.48. The van der Waals surface area contributed by atoms with Crippen molar-refractivity contribution in [3.05, 3.63) is 34.8 Å². The minimum Gasteiger partial charge on any atom is -0.495 e. The number of nitrogens with zero attached hydrogens (tertiary/aromatic N) is 2. The van der Waals surface area contributed by atoms with Crippen molar-refractivity contribution in [1.82, 2.24) is 4.98 Å². The van der Waals surface area contributed by atoms with Crippen LogP contribution in [0, 0.1) is 12.8 Å². The molecule has 2 aromatic rings. The van der Waals surface area contributed by atoms with E-state index >= 15 is 0 Å². The SMILES string of the molecule is COc1ccc(C)cc1N1C[C@@H](C(=O)Nc2nc(C(C)C)cs2)CC1=O. The molecular weight excluding hydrogens is 350 g/mol. The Kier molecular flexibility index (Phi) is 5.27. The van der Waals surface area contributed by atoms with Crippen molar-refractivity contribution in [1.29, 1.82) is 0 Å². The van der Waals surface area contributed by atoms with Gasteiger partial charge in [-0.15, -0.1) is 11.3 Å². The first-order chi connectivity index (χ1) is 12.4. The van der Waals surface area contributed by atoms with Gasteiger partial charge in [-0.1, -0.05) is 19.9 Å². The molecule has 1 aliphatic rings. The van der Waals surface area contributed by atoms with E-state index in [1.165, 1.54) is 11.3 Å². The Morgan fingerprint density at radius 2 is 2.19 bits per heavy atom. The summed E-state index contributed by atoms with van der Waals surface area (Å²) in [5.41, 5.74) is 2.70. The van der Waals surface area contributed by atoms with Crippen molar-refractivity contribution in [2.75, 3.05) is 23.9 Å². The molecule has 0 spiro atoms. The molecule has 2 amide bonds. The summed E-state index contributed by atoms with van der Waals surface area (Å²) in [7, 11) is 1.58. The number of ether oxygens (including phenoxy) is 1. The Morgan fingerprint density at radius 1 is 1.42 bits per heavy atom. The van der Waals surface area contributed by atoms with Gasteiger partial charge in [-0.05, 0) is 30.5 Å². The van der Waals surface area contributed by atoms with E-state index in [1.807, 2.05) is 30.5 Å². The van der Waals surface area contributed by atoms with E-state index < -0.39 is 5.92 Å². The number of hydrogen-bond acceptors (Lipinski definition) is 5. The van der Waals surface area contributed by atoms with E-state index in [0.717, 1.165) is 11.3 Å². The van der Waals surface area contributed by atoms with Crippen LogP contribution in [0.3, 0.4) is 0 Å². The van der Waals surface area contributed by atoms with Gasteiger partial charge in [0.25, 0.3) is 0 Å². The highest BCUT2D eigenvalue weighted by Gasteiger charge is 2.36.